The SMILES string of the molecule is O=C(Cl)CCCC=CCCCC(=O)Cl. The molecular formula is C10H14Cl2O2. The van der Waals surface area contributed by atoms with Crippen LogP contribution in [0.5, 0.6) is 0 Å². The molecule has 2 nitrogen and oxygen atoms in total. The lowest BCUT2D eigenvalue weighted by Gasteiger charge is -1.91. The van der Waals surface area contributed by atoms with Crippen molar-refractivity contribution in [3.05, 3.63) is 12.2 Å². The summed E-state index contributed by atoms with van der Waals surface area (Å²) in [4.78, 5) is 20.7. The van der Waals surface area contributed by atoms with Crippen molar-refractivity contribution in [2.24, 2.45) is 0 Å². The molecule has 4 heteroatoms. The highest BCUT2D eigenvalue weighted by atomic mass is 35.5. The average Bonchev–Trinajstić information content (AvgIpc) is 2.08. The molecule has 0 aliphatic rings. The van der Waals surface area contributed by atoms with Gasteiger partial charge in [-0.25, -0.2) is 0 Å². The summed E-state index contributed by atoms with van der Waals surface area (Å²) in [6.07, 6.45) is 8.12. The van der Waals surface area contributed by atoms with Gasteiger partial charge in [-0.15, -0.1) is 0 Å². The first-order valence-corrected chi connectivity index (χ1v) is 5.40. The molecule has 0 aromatic heterocycles. The third-order valence-corrected chi connectivity index (χ3v) is 2.03. The van der Waals surface area contributed by atoms with Crippen LogP contribution in [0, 0.1) is 0 Å². The topological polar surface area (TPSA) is 34.1 Å². The lowest BCUT2D eigenvalue weighted by atomic mass is 10.2. The van der Waals surface area contributed by atoms with Crippen LogP contribution in [0.4, 0.5) is 0 Å². The van der Waals surface area contributed by atoms with Crippen molar-refractivity contribution in [1.29, 1.82) is 0 Å². The maximum atomic E-state index is 10.3. The van der Waals surface area contributed by atoms with Crippen LogP contribution in [0.15, 0.2) is 12.2 Å². The highest BCUT2D eigenvalue weighted by Gasteiger charge is 1.94. The van der Waals surface area contributed by atoms with Crippen LogP contribution < -0.4 is 0 Å². The number of hydrogen-bond acceptors (Lipinski definition) is 2. The molecule has 0 saturated carbocycles. The minimum absolute atomic E-state index is 0.286. The van der Waals surface area contributed by atoms with Gasteiger partial charge < -0.3 is 0 Å². The summed E-state index contributed by atoms with van der Waals surface area (Å²) in [5.41, 5.74) is 0. The Morgan fingerprint density at radius 3 is 1.50 bits per heavy atom. The van der Waals surface area contributed by atoms with Gasteiger partial charge >= 0.3 is 0 Å². The van der Waals surface area contributed by atoms with E-state index in [1.165, 1.54) is 0 Å². The lowest BCUT2D eigenvalue weighted by molar-refractivity contribution is -0.112. The number of carbonyl (C=O) groups excluding carboxylic acids is 2. The fraction of sp³-hybridized carbons (Fsp3) is 0.600. The second-order valence-electron chi connectivity index (χ2n) is 2.97. The molecule has 0 bridgehead atoms. The monoisotopic (exact) mass is 236 g/mol. The van der Waals surface area contributed by atoms with Gasteiger partial charge in [-0.05, 0) is 48.9 Å². The Hall–Kier alpha value is -0.340. The third kappa shape index (κ3) is 11.7. The quantitative estimate of drug-likeness (QED) is 0.368. The van der Waals surface area contributed by atoms with Crippen LogP contribution in [0.25, 0.3) is 0 Å². The molecule has 0 unspecified atom stereocenters. The zero-order valence-corrected chi connectivity index (χ0v) is 9.48. The summed E-state index contributed by atoms with van der Waals surface area (Å²) < 4.78 is 0. The van der Waals surface area contributed by atoms with Crippen LogP contribution >= 0.6 is 23.2 Å². The molecular weight excluding hydrogens is 223 g/mol. The first-order chi connectivity index (χ1) is 6.63. The number of carbonyl (C=O) groups is 2. The van der Waals surface area contributed by atoms with E-state index >= 15 is 0 Å². The number of rotatable bonds is 8. The number of halogens is 2. The van der Waals surface area contributed by atoms with Gasteiger partial charge in [0.15, 0.2) is 0 Å². The Bertz CT molecular complexity index is 190. The molecule has 0 spiro atoms. The molecule has 80 valence electrons. The van der Waals surface area contributed by atoms with Gasteiger partial charge in [-0.1, -0.05) is 12.2 Å². The lowest BCUT2D eigenvalue weighted by Crippen LogP contribution is -1.85. The van der Waals surface area contributed by atoms with Gasteiger partial charge in [0.2, 0.25) is 10.5 Å². The van der Waals surface area contributed by atoms with Gasteiger partial charge in [0, 0.05) is 12.8 Å². The first-order valence-electron chi connectivity index (χ1n) is 4.64. The van der Waals surface area contributed by atoms with Gasteiger partial charge in [-0.3, -0.25) is 9.59 Å². The Balaban J connectivity index is 3.19. The van der Waals surface area contributed by atoms with E-state index in [1.54, 1.807) is 0 Å². The predicted molar refractivity (Wildman–Crippen MR) is 58.6 cm³/mol. The smallest absolute Gasteiger partial charge is 0.221 e. The molecule has 0 rings (SSSR count). The zero-order valence-electron chi connectivity index (χ0n) is 7.97. The standard InChI is InChI=1S/C10H14Cl2O2/c11-9(13)7-5-3-1-2-4-6-8-10(12)14/h1-2H,3-8H2. The molecule has 0 aliphatic heterocycles. The second-order valence-corrected chi connectivity index (χ2v) is 3.81. The van der Waals surface area contributed by atoms with E-state index in [2.05, 4.69) is 0 Å². The van der Waals surface area contributed by atoms with E-state index in [4.69, 9.17) is 23.2 Å². The van der Waals surface area contributed by atoms with Crippen molar-refractivity contribution in [1.82, 2.24) is 0 Å². The summed E-state index contributed by atoms with van der Waals surface area (Å²) in [7, 11) is 0. The van der Waals surface area contributed by atoms with Crippen molar-refractivity contribution >= 4 is 33.7 Å². The highest BCUT2D eigenvalue weighted by molar-refractivity contribution is 6.63. The molecule has 0 aromatic rings. The Kier molecular flexibility index (Phi) is 9.00. The van der Waals surface area contributed by atoms with E-state index in [9.17, 15) is 9.59 Å². The maximum absolute atomic E-state index is 10.3. The molecule has 0 N–H and O–H groups in total. The van der Waals surface area contributed by atoms with E-state index in [-0.39, 0.29) is 10.5 Å². The summed E-state index contributed by atoms with van der Waals surface area (Å²) in [5, 5.41) is -0.572. The number of unbranched alkanes of at least 4 members (excludes halogenated alkanes) is 2. The molecule has 0 heterocycles. The van der Waals surface area contributed by atoms with Crippen LogP contribution in [0.3, 0.4) is 0 Å². The van der Waals surface area contributed by atoms with Gasteiger partial charge in [-0.2, -0.15) is 0 Å². The average molecular weight is 237 g/mol. The Morgan fingerprint density at radius 2 is 1.21 bits per heavy atom. The zero-order chi connectivity index (χ0) is 10.8. The largest absolute Gasteiger partial charge is 0.281 e. The van der Waals surface area contributed by atoms with Gasteiger partial charge in [0.25, 0.3) is 0 Å². The molecule has 0 aromatic carbocycles. The fourth-order valence-corrected chi connectivity index (χ4v) is 1.22. The van der Waals surface area contributed by atoms with Crippen LogP contribution in [0.2, 0.25) is 0 Å². The van der Waals surface area contributed by atoms with Crippen molar-refractivity contribution in [3.8, 4) is 0 Å². The summed E-state index contributed by atoms with van der Waals surface area (Å²) in [6.45, 7) is 0. The summed E-state index contributed by atoms with van der Waals surface area (Å²) in [6, 6.07) is 0. The molecule has 14 heavy (non-hydrogen) atoms. The number of hydrogen-bond donors (Lipinski definition) is 0. The van der Waals surface area contributed by atoms with E-state index in [1.807, 2.05) is 12.2 Å². The summed E-state index contributed by atoms with van der Waals surface area (Å²) in [5.74, 6) is 0. The Labute approximate surface area is 94.3 Å². The molecule has 0 saturated heterocycles. The van der Waals surface area contributed by atoms with Crippen molar-refractivity contribution < 1.29 is 9.59 Å². The molecule has 0 aliphatic carbocycles. The minimum atomic E-state index is -0.286. The highest BCUT2D eigenvalue weighted by Crippen LogP contribution is 2.03. The Morgan fingerprint density at radius 1 is 0.857 bits per heavy atom. The second kappa shape index (κ2) is 9.22. The fourth-order valence-electron chi connectivity index (χ4n) is 0.953. The predicted octanol–water partition coefficient (Wildman–Crippen LogP) is 3.41. The summed E-state index contributed by atoms with van der Waals surface area (Å²) >= 11 is 10.3. The van der Waals surface area contributed by atoms with E-state index in [0.717, 1.165) is 25.7 Å². The maximum Gasteiger partial charge on any atom is 0.221 e. The van der Waals surface area contributed by atoms with Gasteiger partial charge in [0.05, 0.1) is 0 Å². The number of allylic oxidation sites excluding steroid dienone is 2. The van der Waals surface area contributed by atoms with Crippen LogP contribution in [-0.2, 0) is 9.59 Å². The van der Waals surface area contributed by atoms with E-state index < -0.39 is 0 Å². The van der Waals surface area contributed by atoms with E-state index in [0.29, 0.717) is 12.8 Å². The first kappa shape index (κ1) is 13.7. The molecule has 0 amide bonds. The van der Waals surface area contributed by atoms with Crippen LogP contribution in [0.1, 0.15) is 38.5 Å². The normalized spacial score (nSPS) is 10.7. The minimum Gasteiger partial charge on any atom is -0.281 e. The van der Waals surface area contributed by atoms with Crippen molar-refractivity contribution in [2.45, 2.75) is 38.5 Å². The van der Waals surface area contributed by atoms with Crippen LogP contribution in [-0.4, -0.2) is 10.5 Å². The molecule has 0 fully saturated rings. The molecule has 0 radical (unpaired) electrons. The molecule has 0 atom stereocenters. The van der Waals surface area contributed by atoms with Crippen molar-refractivity contribution in [3.63, 3.8) is 0 Å². The van der Waals surface area contributed by atoms with Crippen molar-refractivity contribution in [2.75, 3.05) is 0 Å². The van der Waals surface area contributed by atoms with Gasteiger partial charge in [0.1, 0.15) is 0 Å². The third-order valence-electron chi connectivity index (χ3n) is 1.65.